The standard InChI is InChI=1S/C19H24N2O2/c1-2-16-10-11-18(20-16)19(22)21(14-17-9-6-12-23-17)13-15-7-4-3-5-8-15/h3-5,7-8,10-11,17,20H,2,6,9,12-14H2,1H3/t17-/m1/s1. The van der Waals surface area contributed by atoms with Gasteiger partial charge in [-0.1, -0.05) is 37.3 Å². The zero-order valence-electron chi connectivity index (χ0n) is 13.6. The van der Waals surface area contributed by atoms with E-state index in [4.69, 9.17) is 4.74 Å². The summed E-state index contributed by atoms with van der Waals surface area (Å²) in [7, 11) is 0. The summed E-state index contributed by atoms with van der Waals surface area (Å²) in [6, 6.07) is 14.0. The molecular weight excluding hydrogens is 288 g/mol. The Balaban J connectivity index is 1.76. The van der Waals surface area contributed by atoms with Crippen LogP contribution in [0.2, 0.25) is 0 Å². The molecule has 0 bridgehead atoms. The number of hydrogen-bond donors (Lipinski definition) is 1. The van der Waals surface area contributed by atoms with E-state index < -0.39 is 0 Å². The second kappa shape index (κ2) is 7.47. The van der Waals surface area contributed by atoms with Crippen molar-refractivity contribution in [1.82, 2.24) is 9.88 Å². The van der Waals surface area contributed by atoms with E-state index in [2.05, 4.69) is 24.0 Å². The van der Waals surface area contributed by atoms with Crippen LogP contribution in [0, 0.1) is 0 Å². The van der Waals surface area contributed by atoms with Gasteiger partial charge in [0.1, 0.15) is 5.69 Å². The highest BCUT2D eigenvalue weighted by atomic mass is 16.5. The van der Waals surface area contributed by atoms with Crippen molar-refractivity contribution in [2.45, 2.75) is 38.8 Å². The SMILES string of the molecule is CCc1ccc(C(=O)N(Cc2ccccc2)C[C@H]2CCCO2)[nH]1. The topological polar surface area (TPSA) is 45.3 Å². The van der Waals surface area contributed by atoms with Crippen LogP contribution >= 0.6 is 0 Å². The molecule has 1 aromatic heterocycles. The fraction of sp³-hybridized carbons (Fsp3) is 0.421. The molecule has 0 aliphatic carbocycles. The number of aromatic amines is 1. The van der Waals surface area contributed by atoms with Gasteiger partial charge >= 0.3 is 0 Å². The van der Waals surface area contributed by atoms with Crippen molar-refractivity contribution in [2.75, 3.05) is 13.2 Å². The van der Waals surface area contributed by atoms with Crippen molar-refractivity contribution in [3.05, 3.63) is 59.4 Å². The number of carbonyl (C=O) groups excluding carboxylic acids is 1. The van der Waals surface area contributed by atoms with E-state index >= 15 is 0 Å². The molecule has 1 saturated heterocycles. The zero-order valence-corrected chi connectivity index (χ0v) is 13.6. The maximum absolute atomic E-state index is 12.9. The molecule has 1 aliphatic rings. The van der Waals surface area contributed by atoms with Gasteiger partial charge in [0.15, 0.2) is 0 Å². The maximum Gasteiger partial charge on any atom is 0.270 e. The molecule has 0 radical (unpaired) electrons. The summed E-state index contributed by atoms with van der Waals surface area (Å²) in [6.45, 7) is 4.14. The summed E-state index contributed by atoms with van der Waals surface area (Å²) in [5, 5.41) is 0. The molecule has 1 fully saturated rings. The van der Waals surface area contributed by atoms with Crippen LogP contribution in [0.4, 0.5) is 0 Å². The number of rotatable bonds is 6. The Morgan fingerprint density at radius 3 is 2.74 bits per heavy atom. The molecule has 122 valence electrons. The second-order valence-electron chi connectivity index (χ2n) is 6.06. The quantitative estimate of drug-likeness (QED) is 0.888. The number of H-pyrrole nitrogens is 1. The van der Waals surface area contributed by atoms with Crippen LogP contribution in [0.25, 0.3) is 0 Å². The van der Waals surface area contributed by atoms with Crippen molar-refractivity contribution in [3.63, 3.8) is 0 Å². The van der Waals surface area contributed by atoms with E-state index in [1.54, 1.807) is 0 Å². The normalized spacial score (nSPS) is 17.3. The first kappa shape index (κ1) is 15.8. The first-order valence-electron chi connectivity index (χ1n) is 8.39. The number of carbonyl (C=O) groups is 1. The third-order valence-electron chi connectivity index (χ3n) is 4.31. The first-order valence-corrected chi connectivity index (χ1v) is 8.39. The molecule has 0 saturated carbocycles. The molecule has 1 atom stereocenters. The predicted octanol–water partition coefficient (Wildman–Crippen LogP) is 3.40. The average molecular weight is 312 g/mol. The van der Waals surface area contributed by atoms with Gasteiger partial charge < -0.3 is 14.6 Å². The minimum absolute atomic E-state index is 0.0454. The Kier molecular flexibility index (Phi) is 5.13. The summed E-state index contributed by atoms with van der Waals surface area (Å²) >= 11 is 0. The largest absolute Gasteiger partial charge is 0.376 e. The summed E-state index contributed by atoms with van der Waals surface area (Å²) < 4.78 is 5.73. The predicted molar refractivity (Wildman–Crippen MR) is 90.3 cm³/mol. The Bertz CT molecular complexity index is 630. The van der Waals surface area contributed by atoms with Gasteiger partial charge in [-0.25, -0.2) is 0 Å². The fourth-order valence-corrected chi connectivity index (χ4v) is 3.00. The van der Waals surface area contributed by atoms with E-state index in [-0.39, 0.29) is 12.0 Å². The number of aromatic nitrogens is 1. The second-order valence-corrected chi connectivity index (χ2v) is 6.06. The highest BCUT2D eigenvalue weighted by Gasteiger charge is 2.24. The molecule has 23 heavy (non-hydrogen) atoms. The maximum atomic E-state index is 12.9. The third kappa shape index (κ3) is 4.02. The molecule has 1 aliphatic heterocycles. The van der Waals surface area contributed by atoms with E-state index in [0.29, 0.717) is 18.8 Å². The van der Waals surface area contributed by atoms with Crippen molar-refractivity contribution >= 4 is 5.91 Å². The van der Waals surface area contributed by atoms with Crippen molar-refractivity contribution in [3.8, 4) is 0 Å². The fourth-order valence-electron chi connectivity index (χ4n) is 3.00. The van der Waals surface area contributed by atoms with Gasteiger partial charge in [-0.2, -0.15) is 0 Å². The highest BCUT2D eigenvalue weighted by molar-refractivity contribution is 5.92. The number of nitrogens with zero attached hydrogens (tertiary/aromatic N) is 1. The molecule has 2 heterocycles. The molecule has 0 spiro atoms. The lowest BCUT2D eigenvalue weighted by Crippen LogP contribution is -2.37. The Morgan fingerprint density at radius 2 is 2.09 bits per heavy atom. The monoisotopic (exact) mass is 312 g/mol. The van der Waals surface area contributed by atoms with Gasteiger partial charge in [0.25, 0.3) is 5.91 Å². The number of ether oxygens (including phenoxy) is 1. The zero-order chi connectivity index (χ0) is 16.1. The van der Waals surface area contributed by atoms with Crippen molar-refractivity contribution < 1.29 is 9.53 Å². The molecule has 1 amide bonds. The highest BCUT2D eigenvalue weighted by Crippen LogP contribution is 2.17. The van der Waals surface area contributed by atoms with Gasteiger partial charge in [-0.3, -0.25) is 4.79 Å². The van der Waals surface area contributed by atoms with E-state index in [1.807, 2.05) is 35.2 Å². The molecule has 1 N–H and O–H groups in total. The summed E-state index contributed by atoms with van der Waals surface area (Å²) in [5.41, 5.74) is 2.89. The van der Waals surface area contributed by atoms with Crippen LogP contribution < -0.4 is 0 Å². The van der Waals surface area contributed by atoms with Gasteiger partial charge in [0.05, 0.1) is 6.10 Å². The van der Waals surface area contributed by atoms with Crippen LogP contribution in [0.1, 0.15) is 41.5 Å². The van der Waals surface area contributed by atoms with Gasteiger partial charge in [0, 0.05) is 25.4 Å². The van der Waals surface area contributed by atoms with Crippen LogP contribution in [0.3, 0.4) is 0 Å². The van der Waals surface area contributed by atoms with Gasteiger partial charge in [-0.05, 0) is 37.0 Å². The lowest BCUT2D eigenvalue weighted by Gasteiger charge is -2.25. The average Bonchev–Trinajstić information content (AvgIpc) is 3.26. The smallest absolute Gasteiger partial charge is 0.270 e. The van der Waals surface area contributed by atoms with Crippen LogP contribution in [0.15, 0.2) is 42.5 Å². The molecular formula is C19H24N2O2. The summed E-state index contributed by atoms with van der Waals surface area (Å²) in [4.78, 5) is 18.0. The Labute approximate surface area is 137 Å². The van der Waals surface area contributed by atoms with E-state index in [0.717, 1.165) is 37.1 Å². The van der Waals surface area contributed by atoms with E-state index in [1.165, 1.54) is 0 Å². The van der Waals surface area contributed by atoms with Crippen LogP contribution in [-0.4, -0.2) is 35.0 Å². The molecule has 0 unspecified atom stereocenters. The first-order chi connectivity index (χ1) is 11.3. The lowest BCUT2D eigenvalue weighted by molar-refractivity contribution is 0.0503. The summed E-state index contributed by atoms with van der Waals surface area (Å²) in [6.07, 6.45) is 3.17. The molecule has 4 heteroatoms. The van der Waals surface area contributed by atoms with Gasteiger partial charge in [0.2, 0.25) is 0 Å². The van der Waals surface area contributed by atoms with Crippen LogP contribution in [0.5, 0.6) is 0 Å². The van der Waals surface area contributed by atoms with Crippen LogP contribution in [-0.2, 0) is 17.7 Å². The molecule has 3 rings (SSSR count). The molecule has 4 nitrogen and oxygen atoms in total. The molecule has 2 aromatic rings. The van der Waals surface area contributed by atoms with Crippen molar-refractivity contribution in [1.29, 1.82) is 0 Å². The van der Waals surface area contributed by atoms with Gasteiger partial charge in [-0.15, -0.1) is 0 Å². The number of amides is 1. The number of hydrogen-bond acceptors (Lipinski definition) is 2. The number of benzene rings is 1. The summed E-state index contributed by atoms with van der Waals surface area (Å²) in [5.74, 6) is 0.0454. The minimum atomic E-state index is 0.0454. The van der Waals surface area contributed by atoms with Crippen molar-refractivity contribution in [2.24, 2.45) is 0 Å². The number of aryl methyl sites for hydroxylation is 1. The Hall–Kier alpha value is -2.07. The lowest BCUT2D eigenvalue weighted by atomic mass is 10.1. The van der Waals surface area contributed by atoms with E-state index in [9.17, 15) is 4.79 Å². The minimum Gasteiger partial charge on any atom is -0.376 e. The number of nitrogens with one attached hydrogen (secondary N) is 1. The molecule has 1 aromatic carbocycles. The Morgan fingerprint density at radius 1 is 1.26 bits per heavy atom. The third-order valence-corrected chi connectivity index (χ3v) is 4.31.